The summed E-state index contributed by atoms with van der Waals surface area (Å²) >= 11 is 0. The molecule has 0 spiro atoms. The summed E-state index contributed by atoms with van der Waals surface area (Å²) in [6, 6.07) is 20.4. The van der Waals surface area contributed by atoms with Crippen LogP contribution in [0.3, 0.4) is 0 Å². The summed E-state index contributed by atoms with van der Waals surface area (Å²) < 4.78 is 66.1. The van der Waals surface area contributed by atoms with Crippen molar-refractivity contribution in [2.75, 3.05) is 33.9 Å². The van der Waals surface area contributed by atoms with E-state index in [2.05, 4.69) is 71.8 Å². The average Bonchev–Trinajstić information content (AvgIpc) is 3.70. The van der Waals surface area contributed by atoms with Crippen LogP contribution >= 0.6 is 0 Å². The van der Waals surface area contributed by atoms with Gasteiger partial charge in [-0.05, 0) is 29.3 Å². The molecule has 2 N–H and O–H groups in total. The number of alkyl halides is 3. The predicted molar refractivity (Wildman–Crippen MR) is 206 cm³/mol. The molecule has 0 radical (unpaired) electrons. The largest absolute Gasteiger partial charge is 0.471 e. The fraction of sp³-hybridized carbons (Fsp3) is 0.436. The van der Waals surface area contributed by atoms with Crippen molar-refractivity contribution < 1.29 is 36.6 Å². The Kier molecular flexibility index (Phi) is 13.0. The van der Waals surface area contributed by atoms with Crippen molar-refractivity contribution in [2.45, 2.75) is 77.0 Å². The number of halogens is 3. The second-order valence-electron chi connectivity index (χ2n) is 14.3. The maximum Gasteiger partial charge on any atom is 0.471 e. The molecule has 3 heterocycles. The number of nitrogens with zero attached hydrogens (tertiary/aromatic N) is 4. The Bertz CT molecular complexity index is 2030. The minimum absolute atomic E-state index is 0.0184. The maximum atomic E-state index is 13.5. The van der Waals surface area contributed by atoms with E-state index >= 15 is 0 Å². The molecule has 0 bridgehead atoms. The standard InChI is InChI=1S/C39H47F3N6O6Si/c1-8-51-26(2)53-30-22-32(54-31(30)24-52-55(38(3,4)5,28-17-11-9-12-18-28)29-19-13-10-14-20-29)48-23-27(16-15-21-43-36(50)39(40,41)42)33-34(48)45-37(46-35(33)49)44-25-47(6)7/h9-14,17-20,23,25-26,30-32H,8,21-22,24H2,1-7H3,(H,43,50)(H,45,46,49)/t26?,30?,31-,32-/m1/s1. The lowest BCUT2D eigenvalue weighted by Gasteiger charge is -2.43. The summed E-state index contributed by atoms with van der Waals surface area (Å²) in [5.41, 5.74) is -0.210. The number of carbonyl (C=O) groups excluding carboxylic acids is 1. The molecular formula is C39H47F3N6O6Si. The summed E-state index contributed by atoms with van der Waals surface area (Å²) in [5, 5.41) is 3.70. The highest BCUT2D eigenvalue weighted by Crippen LogP contribution is 2.39. The van der Waals surface area contributed by atoms with Gasteiger partial charge in [0.2, 0.25) is 5.95 Å². The number of aromatic nitrogens is 3. The number of H-pyrrole nitrogens is 1. The number of fused-ring (bicyclic) bond motifs is 1. The van der Waals surface area contributed by atoms with Crippen molar-refractivity contribution in [1.82, 2.24) is 24.8 Å². The SMILES string of the molecule is CCOC(C)OC1C[C@H](n2cc(C#CCNC(=O)C(F)(F)F)c3c(=O)[nH]c(N=CN(C)C)nc32)O[C@@H]1CO[Si](c1ccccc1)(c1ccccc1)C(C)(C)C. The first kappa shape index (κ1) is 41.4. The van der Waals surface area contributed by atoms with E-state index < -0.39 is 57.2 Å². The Morgan fingerprint density at radius 3 is 2.35 bits per heavy atom. The number of amides is 1. The predicted octanol–water partition coefficient (Wildman–Crippen LogP) is 4.61. The van der Waals surface area contributed by atoms with Crippen LogP contribution in [0.2, 0.25) is 5.04 Å². The van der Waals surface area contributed by atoms with Crippen molar-refractivity contribution in [3.05, 3.63) is 82.8 Å². The highest BCUT2D eigenvalue weighted by atomic mass is 28.4. The first-order valence-corrected chi connectivity index (χ1v) is 19.8. The molecule has 0 aliphatic carbocycles. The molecule has 12 nitrogen and oxygen atoms in total. The van der Waals surface area contributed by atoms with Crippen molar-refractivity contribution >= 4 is 47.9 Å². The normalized spacial score (nSPS) is 18.3. The third-order valence-corrected chi connectivity index (χ3v) is 14.0. The smallest absolute Gasteiger partial charge is 0.405 e. The fourth-order valence-corrected chi connectivity index (χ4v) is 11.3. The molecule has 2 aromatic carbocycles. The van der Waals surface area contributed by atoms with Gasteiger partial charge in [0.15, 0.2) is 11.9 Å². The average molecular weight is 781 g/mol. The molecule has 4 atom stereocenters. The molecule has 1 aliphatic heterocycles. The van der Waals surface area contributed by atoms with Crippen LogP contribution in [-0.2, 0) is 23.4 Å². The number of rotatable bonds is 13. The Balaban J connectivity index is 1.56. The number of hydrogen-bond acceptors (Lipinski definition) is 8. The van der Waals surface area contributed by atoms with E-state index in [1.54, 1.807) is 35.1 Å². The Hall–Kier alpha value is -4.79. The molecule has 55 heavy (non-hydrogen) atoms. The molecule has 2 aromatic heterocycles. The molecule has 2 unspecified atom stereocenters. The van der Waals surface area contributed by atoms with Crippen LogP contribution in [0.25, 0.3) is 11.0 Å². The van der Waals surface area contributed by atoms with Gasteiger partial charge in [-0.1, -0.05) is 93.3 Å². The Morgan fingerprint density at radius 1 is 1.15 bits per heavy atom. The zero-order valence-corrected chi connectivity index (χ0v) is 32.9. The summed E-state index contributed by atoms with van der Waals surface area (Å²) in [4.78, 5) is 38.1. The third kappa shape index (κ3) is 9.54. The van der Waals surface area contributed by atoms with E-state index in [-0.39, 0.29) is 34.2 Å². The molecule has 1 amide bonds. The van der Waals surface area contributed by atoms with Gasteiger partial charge >= 0.3 is 12.1 Å². The summed E-state index contributed by atoms with van der Waals surface area (Å²) in [5.74, 6) is 3.14. The lowest BCUT2D eigenvalue weighted by atomic mass is 10.2. The number of carbonyl (C=O) groups is 1. The summed E-state index contributed by atoms with van der Waals surface area (Å²) in [7, 11) is 0.541. The highest BCUT2D eigenvalue weighted by Gasteiger charge is 2.51. The van der Waals surface area contributed by atoms with Gasteiger partial charge in [-0.25, -0.2) is 4.99 Å². The molecule has 4 aromatic rings. The van der Waals surface area contributed by atoms with Crippen molar-refractivity contribution in [1.29, 1.82) is 0 Å². The highest BCUT2D eigenvalue weighted by molar-refractivity contribution is 6.99. The second kappa shape index (κ2) is 17.3. The summed E-state index contributed by atoms with van der Waals surface area (Å²) in [6.07, 6.45) is -4.17. The number of benzene rings is 2. The van der Waals surface area contributed by atoms with Gasteiger partial charge in [0.05, 0.1) is 36.5 Å². The monoisotopic (exact) mass is 780 g/mol. The van der Waals surface area contributed by atoms with Crippen molar-refractivity contribution in [3.8, 4) is 11.8 Å². The van der Waals surface area contributed by atoms with Crippen LogP contribution in [0.1, 0.15) is 52.8 Å². The molecule has 294 valence electrons. The molecule has 1 aliphatic rings. The van der Waals surface area contributed by atoms with E-state index in [0.717, 1.165) is 10.4 Å². The minimum atomic E-state index is -5.06. The van der Waals surface area contributed by atoms with Gasteiger partial charge in [-0.2, -0.15) is 18.2 Å². The summed E-state index contributed by atoms with van der Waals surface area (Å²) in [6.45, 7) is 10.2. The number of hydrogen-bond donors (Lipinski definition) is 2. The van der Waals surface area contributed by atoms with Gasteiger partial charge in [0, 0.05) is 33.3 Å². The van der Waals surface area contributed by atoms with Crippen LogP contribution < -0.4 is 21.2 Å². The van der Waals surface area contributed by atoms with Crippen LogP contribution in [0.15, 0.2) is 76.6 Å². The van der Waals surface area contributed by atoms with Crippen LogP contribution in [0, 0.1) is 11.8 Å². The fourth-order valence-electron chi connectivity index (χ4n) is 6.71. The molecular weight excluding hydrogens is 734 g/mol. The van der Waals surface area contributed by atoms with E-state index in [0.29, 0.717) is 13.0 Å². The number of aromatic amines is 1. The van der Waals surface area contributed by atoms with E-state index in [9.17, 15) is 22.8 Å². The van der Waals surface area contributed by atoms with Gasteiger partial charge < -0.3 is 33.4 Å². The van der Waals surface area contributed by atoms with Gasteiger partial charge in [0.25, 0.3) is 13.9 Å². The van der Waals surface area contributed by atoms with E-state index in [1.165, 1.54) is 6.34 Å². The lowest BCUT2D eigenvalue weighted by Crippen LogP contribution is -2.67. The van der Waals surface area contributed by atoms with Crippen molar-refractivity contribution in [2.24, 2.45) is 4.99 Å². The number of aliphatic imine (C=N–C) groups is 1. The first-order chi connectivity index (χ1) is 26.0. The van der Waals surface area contributed by atoms with Gasteiger partial charge in [-0.3, -0.25) is 14.6 Å². The molecule has 5 rings (SSSR count). The zero-order valence-electron chi connectivity index (χ0n) is 31.9. The maximum absolute atomic E-state index is 13.5. The van der Waals surface area contributed by atoms with E-state index in [4.69, 9.17) is 18.6 Å². The quantitative estimate of drug-likeness (QED) is 0.0662. The second-order valence-corrected chi connectivity index (χ2v) is 18.6. The molecule has 16 heteroatoms. The van der Waals surface area contributed by atoms with Gasteiger partial charge in [-0.15, -0.1) is 0 Å². The van der Waals surface area contributed by atoms with Gasteiger partial charge in [0.1, 0.15) is 12.3 Å². The Morgan fingerprint density at radius 2 is 1.78 bits per heavy atom. The zero-order chi connectivity index (χ0) is 40.0. The molecule has 0 saturated carbocycles. The van der Waals surface area contributed by atoms with Crippen LogP contribution in [0.4, 0.5) is 19.1 Å². The third-order valence-electron chi connectivity index (χ3n) is 9.04. The number of nitrogens with one attached hydrogen (secondary N) is 2. The van der Waals surface area contributed by atoms with Crippen molar-refractivity contribution in [3.63, 3.8) is 0 Å². The Labute approximate surface area is 319 Å². The molecule has 1 saturated heterocycles. The minimum Gasteiger partial charge on any atom is -0.405 e. The lowest BCUT2D eigenvalue weighted by molar-refractivity contribution is -0.173. The number of ether oxygens (including phenoxy) is 3. The van der Waals surface area contributed by atoms with E-state index in [1.807, 2.05) is 50.2 Å². The first-order valence-electron chi connectivity index (χ1n) is 17.9. The molecule has 1 fully saturated rings. The topological polar surface area (TPSA) is 132 Å². The van der Waals surface area contributed by atoms with Crippen LogP contribution in [0.5, 0.6) is 0 Å². The van der Waals surface area contributed by atoms with Crippen LogP contribution in [-0.4, -0.2) is 98.5 Å².